The lowest BCUT2D eigenvalue weighted by molar-refractivity contribution is 0.576. The molecule has 3 rings (SSSR count). The van der Waals surface area contributed by atoms with Crippen LogP contribution in [0.4, 0.5) is 0 Å². The molecule has 0 unspecified atom stereocenters. The van der Waals surface area contributed by atoms with E-state index in [0.717, 1.165) is 27.2 Å². The normalized spacial score (nSPS) is 21.0. The molecule has 0 bridgehead atoms. The number of furan rings is 1. The minimum Gasteiger partial charge on any atom is -0.456 e. The van der Waals surface area contributed by atoms with Crippen molar-refractivity contribution in [3.63, 3.8) is 0 Å². The molecule has 0 radical (unpaired) electrons. The first-order valence-corrected chi connectivity index (χ1v) is 7.21. The maximum absolute atomic E-state index is 5.91. The van der Waals surface area contributed by atoms with Crippen LogP contribution in [0.25, 0.3) is 23.1 Å². The summed E-state index contributed by atoms with van der Waals surface area (Å²) in [6, 6.07) is 8.04. The largest absolute Gasteiger partial charge is 0.456 e. The monoisotopic (exact) mass is 284 g/mol. The Morgan fingerprint density at radius 1 is 0.864 bits per heavy atom. The number of benzene rings is 1. The van der Waals surface area contributed by atoms with Crippen LogP contribution >= 0.6 is 0 Å². The summed E-state index contributed by atoms with van der Waals surface area (Å²) in [5.41, 5.74) is 9.14. The highest BCUT2D eigenvalue weighted by atomic mass is 16.3. The second kappa shape index (κ2) is 6.65. The Kier molecular flexibility index (Phi) is 4.22. The van der Waals surface area contributed by atoms with Crippen molar-refractivity contribution in [3.8, 4) is 0 Å². The first-order chi connectivity index (χ1) is 10.8. The Morgan fingerprint density at radius 2 is 1.64 bits per heavy atom. The van der Waals surface area contributed by atoms with Gasteiger partial charge in [0.05, 0.1) is 0 Å². The van der Waals surface area contributed by atoms with Crippen molar-refractivity contribution >= 4 is 23.1 Å². The Morgan fingerprint density at radius 3 is 2.59 bits per heavy atom. The summed E-state index contributed by atoms with van der Waals surface area (Å²) in [4.78, 5) is 0. The van der Waals surface area contributed by atoms with Gasteiger partial charge in [-0.1, -0.05) is 42.0 Å². The zero-order valence-corrected chi connectivity index (χ0v) is 12.4. The summed E-state index contributed by atoms with van der Waals surface area (Å²) in [5, 5.41) is 2.16. The molecule has 106 valence electrons. The van der Waals surface area contributed by atoms with E-state index in [-0.39, 0.29) is 0 Å². The predicted octanol–water partition coefficient (Wildman–Crippen LogP) is 3.93. The van der Waals surface area contributed by atoms with Crippen molar-refractivity contribution in [2.45, 2.75) is 6.92 Å². The van der Waals surface area contributed by atoms with Crippen LogP contribution in [0, 0.1) is 0 Å². The van der Waals surface area contributed by atoms with Crippen LogP contribution in [0.2, 0.25) is 0 Å². The second-order valence-corrected chi connectivity index (χ2v) is 4.98. The van der Waals surface area contributed by atoms with Gasteiger partial charge in [0.2, 0.25) is 0 Å². The van der Waals surface area contributed by atoms with E-state index in [1.807, 2.05) is 79.8 Å². The van der Waals surface area contributed by atoms with Gasteiger partial charge in [0.15, 0.2) is 0 Å². The molecule has 0 fully saturated rings. The summed E-state index contributed by atoms with van der Waals surface area (Å²) in [6.07, 6.45) is 17.5. The summed E-state index contributed by atoms with van der Waals surface area (Å²) >= 11 is 0. The van der Waals surface area contributed by atoms with Crippen LogP contribution < -0.4 is 10.6 Å². The lowest BCUT2D eigenvalue weighted by Gasteiger charge is -1.84. The van der Waals surface area contributed by atoms with Gasteiger partial charge < -0.3 is 4.42 Å². The zero-order chi connectivity index (χ0) is 15.2. The molecule has 1 aromatic heterocycles. The lowest BCUT2D eigenvalue weighted by atomic mass is 10.2. The predicted molar refractivity (Wildman–Crippen MR) is 92.6 cm³/mol. The number of allylic oxidation sites excluding steroid dienone is 6. The molecular formula is C21H16O. The first-order valence-electron chi connectivity index (χ1n) is 7.21. The van der Waals surface area contributed by atoms with Crippen LogP contribution in [0.1, 0.15) is 6.92 Å². The molecule has 1 nitrogen and oxygen atoms in total. The molecule has 0 saturated heterocycles. The molecule has 0 N–H and O–H groups in total. The van der Waals surface area contributed by atoms with Crippen molar-refractivity contribution in [1.82, 2.24) is 0 Å². The van der Waals surface area contributed by atoms with E-state index in [2.05, 4.69) is 17.5 Å². The molecular weight excluding hydrogens is 268 g/mol. The third-order valence-electron chi connectivity index (χ3n) is 3.33. The van der Waals surface area contributed by atoms with Crippen LogP contribution in [-0.4, -0.2) is 0 Å². The van der Waals surface area contributed by atoms with Crippen molar-refractivity contribution < 1.29 is 4.42 Å². The van der Waals surface area contributed by atoms with Crippen LogP contribution in [-0.2, 0) is 0 Å². The number of hydrogen-bond acceptors (Lipinski definition) is 1. The summed E-state index contributed by atoms with van der Waals surface area (Å²) in [7, 11) is 0. The van der Waals surface area contributed by atoms with E-state index in [4.69, 9.17) is 4.42 Å². The average Bonchev–Trinajstić information content (AvgIpc) is 2.88. The van der Waals surface area contributed by atoms with E-state index in [1.54, 1.807) is 0 Å². The lowest BCUT2D eigenvalue weighted by Crippen LogP contribution is -2.19. The molecule has 1 heteroatoms. The molecule has 1 aliphatic rings. The van der Waals surface area contributed by atoms with Crippen molar-refractivity contribution in [3.05, 3.63) is 94.5 Å². The number of rotatable bonds is 0. The molecule has 1 aliphatic carbocycles. The van der Waals surface area contributed by atoms with Gasteiger partial charge in [-0.15, -0.1) is 11.5 Å². The zero-order valence-electron chi connectivity index (χ0n) is 12.4. The first kappa shape index (κ1) is 14.0. The van der Waals surface area contributed by atoms with Crippen molar-refractivity contribution in [2.24, 2.45) is 0 Å². The van der Waals surface area contributed by atoms with Gasteiger partial charge >= 0.3 is 0 Å². The molecule has 0 saturated carbocycles. The Labute approximate surface area is 129 Å². The molecule has 1 heterocycles. The van der Waals surface area contributed by atoms with E-state index in [1.165, 1.54) is 0 Å². The van der Waals surface area contributed by atoms with E-state index in [9.17, 15) is 0 Å². The highest BCUT2D eigenvalue weighted by Crippen LogP contribution is 2.06. The third-order valence-corrected chi connectivity index (χ3v) is 3.33. The molecule has 0 atom stereocenters. The van der Waals surface area contributed by atoms with Gasteiger partial charge in [-0.3, -0.25) is 0 Å². The van der Waals surface area contributed by atoms with Crippen LogP contribution in [0.5, 0.6) is 0 Å². The third kappa shape index (κ3) is 3.19. The van der Waals surface area contributed by atoms with Crippen molar-refractivity contribution in [2.75, 3.05) is 0 Å². The SMILES string of the molecule is CC1=C/C=C=C/C=c2/oc3ccccc3/c2=C/C=C=C/C=C\1. The van der Waals surface area contributed by atoms with Gasteiger partial charge in [-0.25, -0.2) is 0 Å². The fraction of sp³-hybridized carbons (Fsp3) is 0.0476. The smallest absolute Gasteiger partial charge is 0.136 e. The maximum Gasteiger partial charge on any atom is 0.136 e. The Hall–Kier alpha value is -2.98. The molecule has 0 amide bonds. The highest BCUT2D eigenvalue weighted by molar-refractivity contribution is 5.79. The van der Waals surface area contributed by atoms with Gasteiger partial charge in [0.25, 0.3) is 0 Å². The number of para-hydroxylation sites is 1. The van der Waals surface area contributed by atoms with Gasteiger partial charge in [0.1, 0.15) is 11.0 Å². The van der Waals surface area contributed by atoms with Gasteiger partial charge in [-0.2, -0.15) is 0 Å². The maximum atomic E-state index is 5.91. The molecule has 0 aliphatic heterocycles. The highest BCUT2D eigenvalue weighted by Gasteiger charge is 2.00. The number of fused-ring (bicyclic) bond motifs is 3. The quantitative estimate of drug-likeness (QED) is 0.668. The summed E-state index contributed by atoms with van der Waals surface area (Å²) in [6.45, 7) is 2.05. The fourth-order valence-electron chi connectivity index (χ4n) is 2.24. The molecule has 1 aromatic carbocycles. The van der Waals surface area contributed by atoms with Gasteiger partial charge in [0, 0.05) is 10.6 Å². The summed E-state index contributed by atoms with van der Waals surface area (Å²) < 4.78 is 5.91. The minimum atomic E-state index is 0.827. The van der Waals surface area contributed by atoms with E-state index >= 15 is 0 Å². The van der Waals surface area contributed by atoms with Gasteiger partial charge in [-0.05, 0) is 49.4 Å². The Bertz CT molecular complexity index is 994. The molecule has 22 heavy (non-hydrogen) atoms. The minimum absolute atomic E-state index is 0.827. The topological polar surface area (TPSA) is 13.1 Å². The van der Waals surface area contributed by atoms with Crippen molar-refractivity contribution in [1.29, 1.82) is 0 Å². The number of hydrogen-bond donors (Lipinski definition) is 0. The fourth-order valence-corrected chi connectivity index (χ4v) is 2.24. The Balaban J connectivity index is 2.29. The van der Waals surface area contributed by atoms with Crippen LogP contribution in [0.3, 0.4) is 0 Å². The second-order valence-electron chi connectivity index (χ2n) is 4.98. The van der Waals surface area contributed by atoms with Crippen LogP contribution in [0.15, 0.2) is 88.3 Å². The average molecular weight is 284 g/mol. The van der Waals surface area contributed by atoms with E-state index in [0.29, 0.717) is 0 Å². The molecule has 0 spiro atoms. The summed E-state index contributed by atoms with van der Waals surface area (Å²) in [5.74, 6) is 0. The standard InChI is InChI=1S/C21H16O/c1-17-11-5-2-3-7-13-18-19-14-9-10-16-21(19)22-20(18)15-8-4-6-12-17/h2,5-16H,1H3/b11-5-,17-12-,18-13-,20-15+. The molecule has 2 aromatic rings. The van der Waals surface area contributed by atoms with E-state index < -0.39 is 0 Å².